The lowest BCUT2D eigenvalue weighted by Gasteiger charge is -2.47. The van der Waals surface area contributed by atoms with E-state index in [2.05, 4.69) is 50.0 Å². The van der Waals surface area contributed by atoms with Crippen molar-refractivity contribution in [2.45, 2.75) is 18.5 Å². The molecule has 0 saturated carbocycles. The summed E-state index contributed by atoms with van der Waals surface area (Å²) in [4.78, 5) is 4.85. The third-order valence-corrected chi connectivity index (χ3v) is 7.39. The topological polar surface area (TPSA) is 63.3 Å². The van der Waals surface area contributed by atoms with E-state index >= 15 is 0 Å². The van der Waals surface area contributed by atoms with Gasteiger partial charge >= 0.3 is 0 Å². The molecule has 1 fully saturated rings. The molecule has 1 saturated heterocycles. The molecule has 3 aromatic carbocycles. The quantitative estimate of drug-likeness (QED) is 0.399. The average molecular weight is 534 g/mol. The fourth-order valence-electron chi connectivity index (χ4n) is 5.01. The first kappa shape index (κ1) is 22.7. The zero-order valence-corrected chi connectivity index (χ0v) is 20.8. The van der Waals surface area contributed by atoms with E-state index in [0.29, 0.717) is 22.8 Å². The van der Waals surface area contributed by atoms with Crippen LogP contribution >= 0.6 is 27.5 Å². The van der Waals surface area contributed by atoms with Crippen molar-refractivity contribution >= 4 is 33.2 Å². The molecular formula is C27H22BrClN4O. The van der Waals surface area contributed by atoms with Gasteiger partial charge in [0, 0.05) is 47.2 Å². The van der Waals surface area contributed by atoms with E-state index in [-0.39, 0.29) is 12.1 Å². The molecule has 0 N–H and O–H groups in total. The lowest BCUT2D eigenvalue weighted by atomic mass is 9.94. The van der Waals surface area contributed by atoms with Gasteiger partial charge in [-0.2, -0.15) is 10.5 Å². The molecule has 5 nitrogen and oxygen atoms in total. The number of rotatable bonds is 3. The minimum Gasteiger partial charge on any atom is -0.493 e. The molecule has 2 heterocycles. The van der Waals surface area contributed by atoms with Gasteiger partial charge in [0.1, 0.15) is 11.8 Å². The molecule has 170 valence electrons. The first-order chi connectivity index (χ1) is 16.6. The highest BCUT2D eigenvalue weighted by Gasteiger charge is 2.35. The van der Waals surface area contributed by atoms with Crippen molar-refractivity contribution in [3.8, 4) is 17.9 Å². The fraction of sp³-hybridized carbons (Fsp3) is 0.259. The van der Waals surface area contributed by atoms with E-state index in [9.17, 15) is 10.5 Å². The zero-order valence-electron chi connectivity index (χ0n) is 18.4. The number of nitriles is 2. The Hall–Kier alpha value is -3.03. The van der Waals surface area contributed by atoms with Gasteiger partial charge in [-0.15, -0.1) is 0 Å². The Morgan fingerprint density at radius 1 is 0.941 bits per heavy atom. The molecule has 0 amide bonds. The van der Waals surface area contributed by atoms with Crippen molar-refractivity contribution in [2.24, 2.45) is 0 Å². The highest BCUT2D eigenvalue weighted by molar-refractivity contribution is 9.10. The second-order valence-electron chi connectivity index (χ2n) is 8.55. The summed E-state index contributed by atoms with van der Waals surface area (Å²) in [7, 11) is 0. The van der Waals surface area contributed by atoms with E-state index in [0.717, 1.165) is 53.1 Å². The van der Waals surface area contributed by atoms with Crippen molar-refractivity contribution in [3.63, 3.8) is 0 Å². The highest BCUT2D eigenvalue weighted by atomic mass is 79.9. The summed E-state index contributed by atoms with van der Waals surface area (Å²) >= 11 is 9.68. The Morgan fingerprint density at radius 2 is 1.76 bits per heavy atom. The summed E-state index contributed by atoms with van der Waals surface area (Å²) in [5.74, 6) is 0.806. The van der Waals surface area contributed by atoms with Crippen molar-refractivity contribution in [1.82, 2.24) is 4.90 Å². The molecule has 0 aromatic heterocycles. The third kappa shape index (κ3) is 4.38. The molecule has 3 aromatic rings. The largest absolute Gasteiger partial charge is 0.493 e. The lowest BCUT2D eigenvalue weighted by molar-refractivity contribution is 0.117. The van der Waals surface area contributed by atoms with Crippen LogP contribution in [-0.4, -0.2) is 31.1 Å². The molecule has 0 spiro atoms. The summed E-state index contributed by atoms with van der Waals surface area (Å²) in [5, 5.41) is 19.8. The standard InChI is InChI=1S/C27H22BrClN4O/c28-21-4-8-24(20(14-21)16-31)33-11-10-32(17-26(33)19-2-5-22(29)6-3-19)25-9-12-34-27-13-18(15-30)1-7-23(25)27/h1-8,13-14,25-26H,9-12,17H2/t25-,26-/m0/s1. The maximum absolute atomic E-state index is 9.81. The molecule has 34 heavy (non-hydrogen) atoms. The van der Waals surface area contributed by atoms with Crippen LogP contribution in [0.25, 0.3) is 0 Å². The van der Waals surface area contributed by atoms with E-state index in [1.165, 1.54) is 0 Å². The first-order valence-corrected chi connectivity index (χ1v) is 12.4. The zero-order chi connectivity index (χ0) is 23.7. The Morgan fingerprint density at radius 3 is 2.53 bits per heavy atom. The monoisotopic (exact) mass is 532 g/mol. The van der Waals surface area contributed by atoms with Crippen LogP contribution in [0.2, 0.25) is 5.02 Å². The number of halogens is 2. The van der Waals surface area contributed by atoms with Crippen LogP contribution < -0.4 is 9.64 Å². The maximum atomic E-state index is 9.81. The number of hydrogen-bond donors (Lipinski definition) is 0. The van der Waals surface area contributed by atoms with E-state index in [1.807, 2.05) is 48.5 Å². The van der Waals surface area contributed by atoms with Crippen molar-refractivity contribution in [2.75, 3.05) is 31.1 Å². The van der Waals surface area contributed by atoms with E-state index in [4.69, 9.17) is 16.3 Å². The van der Waals surface area contributed by atoms with Gasteiger partial charge in [-0.25, -0.2) is 0 Å². The fourth-order valence-corrected chi connectivity index (χ4v) is 5.50. The minimum absolute atomic E-state index is 0.0592. The van der Waals surface area contributed by atoms with Crippen LogP contribution in [0.4, 0.5) is 5.69 Å². The molecule has 0 bridgehead atoms. The summed E-state index contributed by atoms with van der Waals surface area (Å²) in [6.45, 7) is 3.07. The van der Waals surface area contributed by atoms with Crippen molar-refractivity contribution in [1.29, 1.82) is 10.5 Å². The normalized spacial score (nSPS) is 20.1. The molecule has 0 unspecified atom stereocenters. The smallest absolute Gasteiger partial charge is 0.125 e. The van der Waals surface area contributed by atoms with Gasteiger partial charge in [0.2, 0.25) is 0 Å². The molecule has 7 heteroatoms. The number of ether oxygens (including phenoxy) is 1. The van der Waals surface area contributed by atoms with Crippen LogP contribution in [0.3, 0.4) is 0 Å². The molecular weight excluding hydrogens is 512 g/mol. The Labute approximate surface area is 212 Å². The summed E-state index contributed by atoms with van der Waals surface area (Å²) in [6.07, 6.45) is 0.897. The van der Waals surface area contributed by atoms with Crippen molar-refractivity contribution in [3.05, 3.63) is 92.4 Å². The van der Waals surface area contributed by atoms with Gasteiger partial charge in [0.05, 0.1) is 35.5 Å². The number of fused-ring (bicyclic) bond motifs is 1. The van der Waals surface area contributed by atoms with Gasteiger partial charge in [-0.3, -0.25) is 4.90 Å². The molecule has 2 atom stereocenters. The molecule has 5 rings (SSSR count). The van der Waals surface area contributed by atoms with Crippen molar-refractivity contribution < 1.29 is 4.74 Å². The summed E-state index contributed by atoms with van der Waals surface area (Å²) in [5.41, 5.74) is 4.50. The van der Waals surface area contributed by atoms with Gasteiger partial charge in [-0.05, 0) is 48.0 Å². The number of anilines is 1. The highest BCUT2D eigenvalue weighted by Crippen LogP contribution is 2.41. The third-order valence-electron chi connectivity index (χ3n) is 6.65. The number of nitrogens with zero attached hydrogens (tertiary/aromatic N) is 4. The minimum atomic E-state index is 0.0592. The van der Waals surface area contributed by atoms with Crippen LogP contribution in [0.1, 0.15) is 40.8 Å². The molecule has 2 aliphatic rings. The van der Waals surface area contributed by atoms with Crippen LogP contribution in [-0.2, 0) is 0 Å². The average Bonchev–Trinajstić information content (AvgIpc) is 2.88. The summed E-state index contributed by atoms with van der Waals surface area (Å²) in [6, 6.07) is 24.5. The predicted molar refractivity (Wildman–Crippen MR) is 136 cm³/mol. The first-order valence-electron chi connectivity index (χ1n) is 11.2. The molecule has 0 aliphatic carbocycles. The van der Waals surface area contributed by atoms with Crippen LogP contribution in [0.5, 0.6) is 5.75 Å². The number of benzene rings is 3. The number of piperazine rings is 1. The second kappa shape index (κ2) is 9.68. The lowest BCUT2D eigenvalue weighted by Crippen LogP contribution is -2.50. The van der Waals surface area contributed by atoms with Crippen LogP contribution in [0.15, 0.2) is 65.1 Å². The van der Waals surface area contributed by atoms with E-state index in [1.54, 1.807) is 0 Å². The van der Waals surface area contributed by atoms with Crippen LogP contribution in [0, 0.1) is 22.7 Å². The second-order valence-corrected chi connectivity index (χ2v) is 9.90. The Balaban J connectivity index is 1.51. The van der Waals surface area contributed by atoms with Gasteiger partial charge in [0.25, 0.3) is 0 Å². The van der Waals surface area contributed by atoms with Gasteiger partial charge < -0.3 is 9.64 Å². The maximum Gasteiger partial charge on any atom is 0.125 e. The number of hydrogen-bond acceptors (Lipinski definition) is 5. The predicted octanol–water partition coefficient (Wildman–Crippen LogP) is 6.23. The van der Waals surface area contributed by atoms with E-state index < -0.39 is 0 Å². The Kier molecular flexibility index (Phi) is 6.48. The van der Waals surface area contributed by atoms with Gasteiger partial charge in [-0.1, -0.05) is 45.7 Å². The Bertz CT molecular complexity index is 1300. The molecule has 0 radical (unpaired) electrons. The molecule has 2 aliphatic heterocycles. The SMILES string of the molecule is N#Cc1ccc2c(c1)OCC[C@@H]2N1CCN(c2ccc(Br)cc2C#N)[C@H](c2ccc(Cl)cc2)C1. The van der Waals surface area contributed by atoms with Gasteiger partial charge in [0.15, 0.2) is 0 Å². The summed E-state index contributed by atoms with van der Waals surface area (Å²) < 4.78 is 6.79.